The Bertz CT molecular complexity index is 349. The van der Waals surface area contributed by atoms with Crippen LogP contribution >= 0.6 is 15.9 Å². The highest BCUT2D eigenvalue weighted by Crippen LogP contribution is 2.30. The van der Waals surface area contributed by atoms with E-state index in [1.165, 1.54) is 22.9 Å². The molecule has 0 fully saturated rings. The number of rotatable bonds is 7. The zero-order chi connectivity index (χ0) is 13.5. The Balaban J connectivity index is 2.79. The first-order valence-corrected chi connectivity index (χ1v) is 7.81. The van der Waals surface area contributed by atoms with E-state index in [9.17, 15) is 0 Å². The van der Waals surface area contributed by atoms with Gasteiger partial charge in [0.05, 0.1) is 0 Å². The van der Waals surface area contributed by atoms with Crippen LogP contribution in [-0.2, 0) is 0 Å². The molecule has 1 aromatic rings. The van der Waals surface area contributed by atoms with Crippen molar-refractivity contribution in [3.63, 3.8) is 0 Å². The molecule has 1 nitrogen and oxygen atoms in total. The highest BCUT2D eigenvalue weighted by Gasteiger charge is 2.17. The first-order chi connectivity index (χ1) is 8.54. The third kappa shape index (κ3) is 5.11. The normalized spacial score (nSPS) is 14.8. The van der Waals surface area contributed by atoms with E-state index < -0.39 is 0 Å². The lowest BCUT2D eigenvalue weighted by molar-refractivity contribution is 0.423. The van der Waals surface area contributed by atoms with Crippen molar-refractivity contribution in [1.82, 2.24) is 5.32 Å². The molecule has 18 heavy (non-hydrogen) atoms. The van der Waals surface area contributed by atoms with Gasteiger partial charge >= 0.3 is 0 Å². The van der Waals surface area contributed by atoms with Gasteiger partial charge in [0, 0.05) is 17.1 Å². The average Bonchev–Trinajstić information content (AvgIpc) is 2.34. The minimum atomic E-state index is 0.548. The summed E-state index contributed by atoms with van der Waals surface area (Å²) in [6.45, 7) is 10.1. The van der Waals surface area contributed by atoms with Crippen molar-refractivity contribution in [3.05, 3.63) is 34.3 Å². The van der Waals surface area contributed by atoms with Crippen molar-refractivity contribution in [2.24, 2.45) is 5.92 Å². The van der Waals surface area contributed by atoms with Crippen LogP contribution in [0.4, 0.5) is 0 Å². The lowest BCUT2D eigenvalue weighted by Crippen LogP contribution is -2.29. The van der Waals surface area contributed by atoms with Gasteiger partial charge in [-0.25, -0.2) is 0 Å². The van der Waals surface area contributed by atoms with Crippen molar-refractivity contribution in [2.45, 2.75) is 52.5 Å². The Hall–Kier alpha value is -0.340. The van der Waals surface area contributed by atoms with Crippen LogP contribution in [0, 0.1) is 5.92 Å². The van der Waals surface area contributed by atoms with E-state index >= 15 is 0 Å². The standard InChI is InChI=1S/C16H26BrN/c1-5-13(4)10-14(11-18-12(2)3)15-8-6-7-9-16(15)17/h6-9,12-14,18H,5,10-11H2,1-4H3. The Labute approximate surface area is 120 Å². The predicted molar refractivity (Wildman–Crippen MR) is 84.1 cm³/mol. The molecule has 1 rings (SSSR count). The summed E-state index contributed by atoms with van der Waals surface area (Å²) in [5, 5.41) is 3.58. The summed E-state index contributed by atoms with van der Waals surface area (Å²) in [4.78, 5) is 0. The van der Waals surface area contributed by atoms with Gasteiger partial charge in [-0.1, -0.05) is 68.2 Å². The summed E-state index contributed by atoms with van der Waals surface area (Å²) in [6.07, 6.45) is 2.50. The van der Waals surface area contributed by atoms with Crippen LogP contribution in [0.25, 0.3) is 0 Å². The molecule has 1 aromatic carbocycles. The van der Waals surface area contributed by atoms with E-state index in [4.69, 9.17) is 0 Å². The summed E-state index contributed by atoms with van der Waals surface area (Å²) >= 11 is 3.69. The summed E-state index contributed by atoms with van der Waals surface area (Å²) < 4.78 is 1.24. The van der Waals surface area contributed by atoms with Gasteiger partial charge in [-0.05, 0) is 29.9 Å². The largest absolute Gasteiger partial charge is 0.314 e. The molecule has 0 saturated heterocycles. The van der Waals surface area contributed by atoms with Crippen molar-refractivity contribution in [2.75, 3.05) is 6.54 Å². The Morgan fingerprint density at radius 1 is 1.17 bits per heavy atom. The Morgan fingerprint density at radius 3 is 2.39 bits per heavy atom. The van der Waals surface area contributed by atoms with Crippen LogP contribution in [0.2, 0.25) is 0 Å². The number of benzene rings is 1. The number of nitrogens with one attached hydrogen (secondary N) is 1. The van der Waals surface area contributed by atoms with Crippen molar-refractivity contribution < 1.29 is 0 Å². The van der Waals surface area contributed by atoms with Crippen molar-refractivity contribution in [1.29, 1.82) is 0 Å². The van der Waals surface area contributed by atoms with Gasteiger partial charge < -0.3 is 5.32 Å². The van der Waals surface area contributed by atoms with E-state index in [1.54, 1.807) is 0 Å². The van der Waals surface area contributed by atoms with Crippen molar-refractivity contribution in [3.8, 4) is 0 Å². The molecule has 0 saturated carbocycles. The molecular formula is C16H26BrN. The lowest BCUT2D eigenvalue weighted by Gasteiger charge is -2.23. The van der Waals surface area contributed by atoms with Gasteiger partial charge in [0.2, 0.25) is 0 Å². The molecule has 0 aromatic heterocycles. The lowest BCUT2D eigenvalue weighted by atomic mass is 9.88. The first-order valence-electron chi connectivity index (χ1n) is 7.02. The molecule has 1 N–H and O–H groups in total. The molecule has 0 aliphatic rings. The summed E-state index contributed by atoms with van der Waals surface area (Å²) in [5.74, 6) is 1.37. The molecular weight excluding hydrogens is 286 g/mol. The van der Waals surface area contributed by atoms with Gasteiger partial charge in [-0.2, -0.15) is 0 Å². The van der Waals surface area contributed by atoms with E-state index in [-0.39, 0.29) is 0 Å². The highest BCUT2D eigenvalue weighted by molar-refractivity contribution is 9.10. The molecule has 0 bridgehead atoms. The fourth-order valence-corrected chi connectivity index (χ4v) is 2.77. The fraction of sp³-hybridized carbons (Fsp3) is 0.625. The zero-order valence-corrected chi connectivity index (χ0v) is 13.6. The van der Waals surface area contributed by atoms with Crippen LogP contribution in [0.3, 0.4) is 0 Å². The maximum Gasteiger partial charge on any atom is 0.0210 e. The molecule has 0 aliphatic carbocycles. The number of hydrogen-bond acceptors (Lipinski definition) is 1. The summed E-state index contributed by atoms with van der Waals surface area (Å²) in [5.41, 5.74) is 1.44. The van der Waals surface area contributed by atoms with E-state index in [2.05, 4.69) is 73.2 Å². The maximum absolute atomic E-state index is 3.69. The van der Waals surface area contributed by atoms with E-state index in [1.807, 2.05) is 0 Å². The molecule has 0 radical (unpaired) electrons. The smallest absolute Gasteiger partial charge is 0.0210 e. The topological polar surface area (TPSA) is 12.0 Å². The molecule has 2 unspecified atom stereocenters. The van der Waals surface area contributed by atoms with Crippen LogP contribution in [-0.4, -0.2) is 12.6 Å². The van der Waals surface area contributed by atoms with E-state index in [0.717, 1.165) is 12.5 Å². The van der Waals surface area contributed by atoms with Crippen molar-refractivity contribution >= 4 is 15.9 Å². The van der Waals surface area contributed by atoms with Gasteiger partial charge in [0.15, 0.2) is 0 Å². The van der Waals surface area contributed by atoms with Gasteiger partial charge in [0.25, 0.3) is 0 Å². The highest BCUT2D eigenvalue weighted by atomic mass is 79.9. The molecule has 102 valence electrons. The molecule has 2 atom stereocenters. The van der Waals surface area contributed by atoms with Gasteiger partial charge in [0.1, 0.15) is 0 Å². The SMILES string of the molecule is CCC(C)CC(CNC(C)C)c1ccccc1Br. The number of halogens is 1. The quantitative estimate of drug-likeness (QED) is 0.750. The maximum atomic E-state index is 3.69. The number of hydrogen-bond donors (Lipinski definition) is 1. The van der Waals surface area contributed by atoms with Crippen LogP contribution in [0.1, 0.15) is 52.0 Å². The Kier molecular flexibility index (Phi) is 6.95. The molecule has 0 heterocycles. The summed E-state index contributed by atoms with van der Waals surface area (Å²) in [7, 11) is 0. The monoisotopic (exact) mass is 311 g/mol. The zero-order valence-electron chi connectivity index (χ0n) is 12.0. The second-order valence-corrected chi connectivity index (χ2v) is 6.38. The van der Waals surface area contributed by atoms with Gasteiger partial charge in [-0.3, -0.25) is 0 Å². The Morgan fingerprint density at radius 2 is 1.83 bits per heavy atom. The fourth-order valence-electron chi connectivity index (χ4n) is 2.16. The average molecular weight is 312 g/mol. The minimum Gasteiger partial charge on any atom is -0.314 e. The minimum absolute atomic E-state index is 0.548. The molecule has 0 amide bonds. The molecule has 2 heteroatoms. The van der Waals surface area contributed by atoms with Crippen LogP contribution in [0.15, 0.2) is 28.7 Å². The van der Waals surface area contributed by atoms with E-state index in [0.29, 0.717) is 12.0 Å². The molecule has 0 aliphatic heterocycles. The van der Waals surface area contributed by atoms with Crippen LogP contribution < -0.4 is 5.32 Å². The van der Waals surface area contributed by atoms with Gasteiger partial charge in [-0.15, -0.1) is 0 Å². The summed E-state index contributed by atoms with van der Waals surface area (Å²) in [6, 6.07) is 9.17. The van der Waals surface area contributed by atoms with Crippen LogP contribution in [0.5, 0.6) is 0 Å². The predicted octanol–water partition coefficient (Wildman–Crippen LogP) is 4.97. The second-order valence-electron chi connectivity index (χ2n) is 5.53. The molecule has 0 spiro atoms. The third-order valence-corrected chi connectivity index (χ3v) is 4.22. The second kappa shape index (κ2) is 7.96. The third-order valence-electron chi connectivity index (χ3n) is 3.50. The first kappa shape index (κ1) is 15.7.